The Morgan fingerprint density at radius 1 is 1.37 bits per heavy atom. The zero-order chi connectivity index (χ0) is 26.8. The van der Waals surface area contributed by atoms with E-state index in [2.05, 4.69) is 23.0 Å². The molecule has 1 unspecified atom stereocenters. The highest BCUT2D eigenvalue weighted by Crippen LogP contribution is 2.39. The fourth-order valence-corrected chi connectivity index (χ4v) is 3.83. The molecule has 0 aliphatic rings. The number of nitriles is 1. The summed E-state index contributed by atoms with van der Waals surface area (Å²) in [6, 6.07) is 4.67. The molecule has 1 amide bonds. The van der Waals surface area contributed by atoms with Gasteiger partial charge < -0.3 is 19.7 Å². The van der Waals surface area contributed by atoms with Crippen molar-refractivity contribution in [3.8, 4) is 11.8 Å². The molecule has 1 aromatic carbocycles. The van der Waals surface area contributed by atoms with Crippen LogP contribution in [-0.2, 0) is 17.1 Å². The molecule has 9 nitrogen and oxygen atoms in total. The molecular formula is C21H20F4N4O5S. The molecule has 0 saturated heterocycles. The number of halogens is 4. The Balaban J connectivity index is 2.48. The van der Waals surface area contributed by atoms with E-state index in [0.717, 1.165) is 35.9 Å². The molecule has 1 atom stereocenters. The molecule has 2 N–H and O–H groups in total. The average Bonchev–Trinajstić information content (AvgIpc) is 3.10. The maximum atomic E-state index is 13.6. The van der Waals surface area contributed by atoms with Crippen molar-refractivity contribution >= 4 is 28.3 Å². The highest BCUT2D eigenvalue weighted by molar-refractivity contribution is 7.90. The van der Waals surface area contributed by atoms with E-state index in [9.17, 15) is 35.9 Å². The maximum absolute atomic E-state index is 13.6. The van der Waals surface area contributed by atoms with Crippen LogP contribution in [0.15, 0.2) is 45.8 Å². The monoisotopic (exact) mass is 516 g/mol. The first kappa shape index (κ1) is 27.5. The highest BCUT2D eigenvalue weighted by Gasteiger charge is 2.54. The number of alkyl halides is 3. The number of anilines is 1. The van der Waals surface area contributed by atoms with Gasteiger partial charge in [-0.25, -0.2) is 4.39 Å². The second-order valence-electron chi connectivity index (χ2n) is 7.38. The number of aryl methyl sites for hydroxylation is 1. The molecule has 0 bridgehead atoms. The molecule has 1 aromatic heterocycles. The van der Waals surface area contributed by atoms with Crippen LogP contribution in [0.2, 0.25) is 0 Å². The van der Waals surface area contributed by atoms with E-state index in [1.165, 1.54) is 7.05 Å². The first-order chi connectivity index (χ1) is 16.1. The van der Waals surface area contributed by atoms with E-state index in [1.54, 1.807) is 6.07 Å². The number of carbonyl (C=O) groups is 1. The van der Waals surface area contributed by atoms with Gasteiger partial charge in [0.1, 0.15) is 16.8 Å². The lowest BCUT2D eigenvalue weighted by Gasteiger charge is -2.30. The maximum Gasteiger partial charge on any atom is 0.421 e. The van der Waals surface area contributed by atoms with Crippen molar-refractivity contribution in [2.75, 3.05) is 11.9 Å². The first-order valence-corrected chi connectivity index (χ1v) is 11.0. The Kier molecular flexibility index (Phi) is 7.78. The smallest absolute Gasteiger partial charge is 0.421 e. The Bertz CT molecular complexity index is 1330. The number of sulfonamides is 1. The van der Waals surface area contributed by atoms with Crippen molar-refractivity contribution in [3.05, 3.63) is 53.6 Å². The van der Waals surface area contributed by atoms with E-state index >= 15 is 0 Å². The van der Waals surface area contributed by atoms with Gasteiger partial charge in [-0.1, -0.05) is 6.58 Å². The summed E-state index contributed by atoms with van der Waals surface area (Å²) in [7, 11) is -3.21. The lowest BCUT2D eigenvalue weighted by atomic mass is 9.92. The van der Waals surface area contributed by atoms with Crippen molar-refractivity contribution in [1.82, 2.24) is 4.57 Å². The Morgan fingerprint density at radius 3 is 2.51 bits per heavy atom. The third kappa shape index (κ3) is 5.52. The van der Waals surface area contributed by atoms with Gasteiger partial charge in [-0.05, 0) is 30.7 Å². The van der Waals surface area contributed by atoms with E-state index in [4.69, 9.17) is 10.00 Å². The van der Waals surface area contributed by atoms with Gasteiger partial charge in [0.15, 0.2) is 17.0 Å². The molecule has 0 saturated carbocycles. The predicted molar refractivity (Wildman–Crippen MR) is 117 cm³/mol. The number of ether oxygens (including phenoxy) is 1. The van der Waals surface area contributed by atoms with Crippen molar-refractivity contribution < 1.29 is 40.6 Å². The number of carbonyl (C=O) groups excluding carboxylic acids is 1. The standard InChI is InChI=1S/C21H20F4N4O5S/c1-12(2)20(31,21(23,24)25)7-8-34-18-16(35(32,33)27-3)11-29(4)17(18)19(30)28-14-5-6-15(22)13(9-14)10-26/h5-6,9,11,31H,1,3,7-8H2,2,4H3,(H,28,30). The van der Waals surface area contributed by atoms with Gasteiger partial charge in [0.2, 0.25) is 0 Å². The van der Waals surface area contributed by atoms with Crippen LogP contribution < -0.4 is 10.1 Å². The molecule has 2 rings (SSSR count). The summed E-state index contributed by atoms with van der Waals surface area (Å²) in [4.78, 5) is 12.3. The van der Waals surface area contributed by atoms with Crippen LogP contribution in [-0.4, -0.2) is 49.1 Å². The third-order valence-corrected chi connectivity index (χ3v) is 6.18. The Hall–Kier alpha value is -3.70. The van der Waals surface area contributed by atoms with Crippen molar-refractivity contribution in [3.63, 3.8) is 0 Å². The summed E-state index contributed by atoms with van der Waals surface area (Å²) >= 11 is 0. The van der Waals surface area contributed by atoms with Crippen LogP contribution in [0.1, 0.15) is 29.4 Å². The molecule has 188 valence electrons. The number of amides is 1. The zero-order valence-corrected chi connectivity index (χ0v) is 19.3. The first-order valence-electron chi connectivity index (χ1n) is 9.60. The summed E-state index contributed by atoms with van der Waals surface area (Å²) in [6.07, 6.45) is -5.22. The van der Waals surface area contributed by atoms with Crippen LogP contribution in [0.3, 0.4) is 0 Å². The van der Waals surface area contributed by atoms with E-state index in [-0.39, 0.29) is 11.3 Å². The van der Waals surface area contributed by atoms with Gasteiger partial charge in [-0.2, -0.15) is 31.2 Å². The highest BCUT2D eigenvalue weighted by atomic mass is 32.2. The summed E-state index contributed by atoms with van der Waals surface area (Å²) in [5.74, 6) is -2.48. The normalized spacial score (nSPS) is 13.4. The van der Waals surface area contributed by atoms with Gasteiger partial charge >= 0.3 is 6.18 Å². The number of nitrogens with one attached hydrogen (secondary N) is 1. The quantitative estimate of drug-likeness (QED) is 0.298. The van der Waals surface area contributed by atoms with Crippen molar-refractivity contribution in [1.29, 1.82) is 5.26 Å². The van der Waals surface area contributed by atoms with E-state index in [0.29, 0.717) is 0 Å². The van der Waals surface area contributed by atoms with Gasteiger partial charge in [0.05, 0.1) is 12.2 Å². The summed E-state index contributed by atoms with van der Waals surface area (Å²) in [5, 5.41) is 21.3. The van der Waals surface area contributed by atoms with E-state index in [1.807, 2.05) is 0 Å². The van der Waals surface area contributed by atoms with Gasteiger partial charge in [0, 0.05) is 32.1 Å². The minimum absolute atomic E-state index is 0.0277. The zero-order valence-electron chi connectivity index (χ0n) is 18.5. The molecule has 0 fully saturated rings. The SMILES string of the molecule is C=NS(=O)(=O)c1cn(C)c(C(=O)Nc2ccc(F)c(C#N)c2)c1OCCC(O)(C(=C)C)C(F)(F)F. The lowest BCUT2D eigenvalue weighted by molar-refractivity contribution is -0.247. The van der Waals surface area contributed by atoms with Gasteiger partial charge in [-0.15, -0.1) is 0 Å². The van der Waals surface area contributed by atoms with Crippen LogP contribution in [0.5, 0.6) is 5.75 Å². The molecule has 35 heavy (non-hydrogen) atoms. The molecule has 0 spiro atoms. The summed E-state index contributed by atoms with van der Waals surface area (Å²) < 4.78 is 87.6. The number of hydrogen-bond acceptors (Lipinski definition) is 6. The van der Waals surface area contributed by atoms with Crippen LogP contribution in [0, 0.1) is 17.1 Å². The molecular weight excluding hydrogens is 496 g/mol. The molecule has 0 aliphatic heterocycles. The number of hydrogen-bond donors (Lipinski definition) is 2. The minimum Gasteiger partial charge on any atom is -0.490 e. The molecule has 0 radical (unpaired) electrons. The third-order valence-electron chi connectivity index (χ3n) is 5.00. The molecule has 2 aromatic rings. The lowest BCUT2D eigenvalue weighted by Crippen LogP contribution is -2.47. The van der Waals surface area contributed by atoms with Crippen LogP contribution in [0.25, 0.3) is 0 Å². The van der Waals surface area contributed by atoms with Crippen LogP contribution >= 0.6 is 0 Å². The Labute approximate surface area is 198 Å². The van der Waals surface area contributed by atoms with Crippen molar-refractivity contribution in [2.45, 2.75) is 30.0 Å². The number of aliphatic hydroxyl groups is 1. The number of nitrogens with zero attached hydrogens (tertiary/aromatic N) is 3. The Morgan fingerprint density at radius 2 is 2.00 bits per heavy atom. The average molecular weight is 516 g/mol. The second-order valence-corrected chi connectivity index (χ2v) is 9.03. The van der Waals surface area contributed by atoms with Crippen molar-refractivity contribution in [2.24, 2.45) is 11.4 Å². The number of aromatic nitrogens is 1. The largest absolute Gasteiger partial charge is 0.490 e. The van der Waals surface area contributed by atoms with Crippen LogP contribution in [0.4, 0.5) is 23.2 Å². The second kappa shape index (κ2) is 9.88. The number of rotatable bonds is 9. The number of benzene rings is 1. The minimum atomic E-state index is -5.10. The molecule has 0 aliphatic carbocycles. The predicted octanol–water partition coefficient (Wildman–Crippen LogP) is 3.32. The fraction of sp³-hybridized carbons (Fsp3) is 0.286. The summed E-state index contributed by atoms with van der Waals surface area (Å²) in [6.45, 7) is 6.17. The fourth-order valence-electron chi connectivity index (χ4n) is 3.01. The van der Waals surface area contributed by atoms with E-state index < -0.39 is 68.5 Å². The van der Waals surface area contributed by atoms with Gasteiger partial charge in [-0.3, -0.25) is 4.79 Å². The topological polar surface area (TPSA) is 134 Å². The van der Waals surface area contributed by atoms with Gasteiger partial charge in [0.25, 0.3) is 15.9 Å². The molecule has 1 heterocycles. The molecule has 14 heteroatoms. The summed E-state index contributed by atoms with van der Waals surface area (Å²) in [5.41, 5.74) is -4.80.